The SMILES string of the molecule is COCCNCCc1cncn1C1CC1. The van der Waals surface area contributed by atoms with Crippen LogP contribution in [0.15, 0.2) is 12.5 Å². The maximum atomic E-state index is 4.97. The molecule has 1 aromatic heterocycles. The molecule has 0 saturated heterocycles. The van der Waals surface area contributed by atoms with Crippen LogP contribution in [0.1, 0.15) is 24.6 Å². The fraction of sp³-hybridized carbons (Fsp3) is 0.727. The molecule has 2 rings (SSSR count). The molecule has 0 radical (unpaired) electrons. The van der Waals surface area contributed by atoms with Gasteiger partial charge in [-0.25, -0.2) is 4.98 Å². The van der Waals surface area contributed by atoms with Gasteiger partial charge in [-0.1, -0.05) is 0 Å². The van der Waals surface area contributed by atoms with E-state index in [-0.39, 0.29) is 0 Å². The molecule has 0 aromatic carbocycles. The second-order valence-electron chi connectivity index (χ2n) is 4.02. The zero-order valence-electron chi connectivity index (χ0n) is 9.28. The normalized spacial score (nSPS) is 15.8. The third-order valence-corrected chi connectivity index (χ3v) is 2.73. The Bertz CT molecular complexity index is 294. The summed E-state index contributed by atoms with van der Waals surface area (Å²) in [7, 11) is 1.73. The van der Waals surface area contributed by atoms with Crippen LogP contribution in [0.25, 0.3) is 0 Å². The molecule has 0 spiro atoms. The van der Waals surface area contributed by atoms with Crippen LogP contribution in [0.4, 0.5) is 0 Å². The summed E-state index contributed by atoms with van der Waals surface area (Å²) in [6, 6.07) is 0.737. The minimum Gasteiger partial charge on any atom is -0.383 e. The number of nitrogens with zero attached hydrogens (tertiary/aromatic N) is 2. The fourth-order valence-corrected chi connectivity index (χ4v) is 1.72. The topological polar surface area (TPSA) is 39.1 Å². The van der Waals surface area contributed by atoms with Crippen molar-refractivity contribution in [3.8, 4) is 0 Å². The molecule has 1 aromatic rings. The van der Waals surface area contributed by atoms with E-state index < -0.39 is 0 Å². The van der Waals surface area contributed by atoms with Crippen molar-refractivity contribution in [2.75, 3.05) is 26.8 Å². The summed E-state index contributed by atoms with van der Waals surface area (Å²) in [4.78, 5) is 4.21. The number of imidazole rings is 1. The van der Waals surface area contributed by atoms with Crippen molar-refractivity contribution in [2.24, 2.45) is 0 Å². The standard InChI is InChI=1S/C11H19N3O/c1-15-7-6-12-5-4-11-8-13-9-14(11)10-2-3-10/h8-10,12H,2-7H2,1H3. The third kappa shape index (κ3) is 3.04. The quantitative estimate of drug-likeness (QED) is 0.681. The number of ether oxygens (including phenoxy) is 1. The molecule has 0 atom stereocenters. The number of hydrogen-bond donors (Lipinski definition) is 1. The van der Waals surface area contributed by atoms with Crippen LogP contribution in [0.3, 0.4) is 0 Å². The Labute approximate surface area is 90.6 Å². The van der Waals surface area contributed by atoms with E-state index in [2.05, 4.69) is 14.9 Å². The molecule has 0 amide bonds. The first-order valence-electron chi connectivity index (χ1n) is 5.62. The number of aromatic nitrogens is 2. The zero-order chi connectivity index (χ0) is 10.5. The van der Waals surface area contributed by atoms with Crippen molar-refractivity contribution < 1.29 is 4.74 Å². The smallest absolute Gasteiger partial charge is 0.0950 e. The second kappa shape index (κ2) is 5.28. The lowest BCUT2D eigenvalue weighted by molar-refractivity contribution is 0.199. The molecule has 1 heterocycles. The van der Waals surface area contributed by atoms with Crippen molar-refractivity contribution in [3.63, 3.8) is 0 Å². The summed E-state index contributed by atoms with van der Waals surface area (Å²) in [6.07, 6.45) is 7.64. The van der Waals surface area contributed by atoms with Gasteiger partial charge in [0.25, 0.3) is 0 Å². The molecule has 1 aliphatic carbocycles. The Morgan fingerprint density at radius 3 is 3.13 bits per heavy atom. The Hall–Kier alpha value is -0.870. The number of rotatable bonds is 7. The van der Waals surface area contributed by atoms with Crippen molar-refractivity contribution in [1.82, 2.24) is 14.9 Å². The van der Waals surface area contributed by atoms with Gasteiger partial charge in [-0.2, -0.15) is 0 Å². The lowest BCUT2D eigenvalue weighted by Crippen LogP contribution is -2.22. The molecule has 1 saturated carbocycles. The highest BCUT2D eigenvalue weighted by atomic mass is 16.5. The van der Waals surface area contributed by atoms with E-state index in [1.54, 1.807) is 7.11 Å². The maximum absolute atomic E-state index is 4.97. The van der Waals surface area contributed by atoms with E-state index >= 15 is 0 Å². The van der Waals surface area contributed by atoms with E-state index in [0.717, 1.165) is 32.2 Å². The molecular weight excluding hydrogens is 190 g/mol. The second-order valence-corrected chi connectivity index (χ2v) is 4.02. The number of hydrogen-bond acceptors (Lipinski definition) is 3. The molecule has 1 N–H and O–H groups in total. The van der Waals surface area contributed by atoms with Crippen LogP contribution in [-0.2, 0) is 11.2 Å². The Morgan fingerprint density at radius 1 is 1.53 bits per heavy atom. The summed E-state index contributed by atoms with van der Waals surface area (Å²) in [5.41, 5.74) is 1.35. The summed E-state index contributed by atoms with van der Waals surface area (Å²) in [6.45, 7) is 2.71. The van der Waals surface area contributed by atoms with E-state index in [0.29, 0.717) is 0 Å². The maximum Gasteiger partial charge on any atom is 0.0950 e. The third-order valence-electron chi connectivity index (χ3n) is 2.73. The molecule has 0 bridgehead atoms. The minimum absolute atomic E-state index is 0.737. The minimum atomic E-state index is 0.737. The van der Waals surface area contributed by atoms with Gasteiger partial charge in [0.15, 0.2) is 0 Å². The number of nitrogens with one attached hydrogen (secondary N) is 1. The van der Waals surface area contributed by atoms with Gasteiger partial charge in [0, 0.05) is 44.6 Å². The van der Waals surface area contributed by atoms with Gasteiger partial charge < -0.3 is 14.6 Å². The first kappa shape index (κ1) is 10.6. The van der Waals surface area contributed by atoms with E-state index in [1.165, 1.54) is 18.5 Å². The van der Waals surface area contributed by atoms with Gasteiger partial charge in [-0.3, -0.25) is 0 Å². The van der Waals surface area contributed by atoms with Gasteiger partial charge in [-0.05, 0) is 12.8 Å². The van der Waals surface area contributed by atoms with Crippen LogP contribution in [0.2, 0.25) is 0 Å². The summed E-state index contributed by atoms with van der Waals surface area (Å²) < 4.78 is 7.29. The van der Waals surface area contributed by atoms with Crippen LogP contribution in [0.5, 0.6) is 0 Å². The predicted octanol–water partition coefficient (Wildman–Crippen LogP) is 0.996. The Morgan fingerprint density at radius 2 is 2.40 bits per heavy atom. The van der Waals surface area contributed by atoms with Crippen LogP contribution >= 0.6 is 0 Å². The molecule has 84 valence electrons. The molecule has 0 unspecified atom stereocenters. The first-order valence-corrected chi connectivity index (χ1v) is 5.62. The molecule has 15 heavy (non-hydrogen) atoms. The van der Waals surface area contributed by atoms with Gasteiger partial charge in [0.05, 0.1) is 12.9 Å². The van der Waals surface area contributed by atoms with Crippen molar-refractivity contribution >= 4 is 0 Å². The Kier molecular flexibility index (Phi) is 3.75. The highest BCUT2D eigenvalue weighted by Gasteiger charge is 2.24. The number of methoxy groups -OCH3 is 1. The molecule has 4 nitrogen and oxygen atoms in total. The van der Waals surface area contributed by atoms with Crippen molar-refractivity contribution in [3.05, 3.63) is 18.2 Å². The van der Waals surface area contributed by atoms with Gasteiger partial charge in [-0.15, -0.1) is 0 Å². The molecule has 1 aliphatic rings. The fourth-order valence-electron chi connectivity index (χ4n) is 1.72. The van der Waals surface area contributed by atoms with Crippen molar-refractivity contribution in [1.29, 1.82) is 0 Å². The lowest BCUT2D eigenvalue weighted by Gasteiger charge is -2.07. The van der Waals surface area contributed by atoms with Gasteiger partial charge in [0.2, 0.25) is 0 Å². The van der Waals surface area contributed by atoms with Crippen LogP contribution < -0.4 is 5.32 Å². The molecule has 4 heteroatoms. The molecular formula is C11H19N3O. The molecule has 1 fully saturated rings. The summed E-state index contributed by atoms with van der Waals surface area (Å²) in [5.74, 6) is 0. The highest BCUT2D eigenvalue weighted by molar-refractivity contribution is 5.03. The van der Waals surface area contributed by atoms with Crippen LogP contribution in [-0.4, -0.2) is 36.4 Å². The average Bonchev–Trinajstić information content (AvgIpc) is 2.99. The summed E-state index contributed by atoms with van der Waals surface area (Å²) in [5, 5.41) is 3.35. The first-order chi connectivity index (χ1) is 7.42. The molecule has 0 aliphatic heterocycles. The van der Waals surface area contributed by atoms with Gasteiger partial charge >= 0.3 is 0 Å². The largest absolute Gasteiger partial charge is 0.383 e. The van der Waals surface area contributed by atoms with E-state index in [9.17, 15) is 0 Å². The average molecular weight is 209 g/mol. The lowest BCUT2D eigenvalue weighted by atomic mass is 10.3. The van der Waals surface area contributed by atoms with E-state index in [4.69, 9.17) is 4.74 Å². The van der Waals surface area contributed by atoms with Crippen molar-refractivity contribution in [2.45, 2.75) is 25.3 Å². The highest BCUT2D eigenvalue weighted by Crippen LogP contribution is 2.35. The predicted molar refractivity (Wildman–Crippen MR) is 58.9 cm³/mol. The Balaban J connectivity index is 1.70. The van der Waals surface area contributed by atoms with Crippen LogP contribution in [0, 0.1) is 0 Å². The summed E-state index contributed by atoms with van der Waals surface area (Å²) >= 11 is 0. The van der Waals surface area contributed by atoms with Gasteiger partial charge in [0.1, 0.15) is 0 Å². The monoisotopic (exact) mass is 209 g/mol. The zero-order valence-corrected chi connectivity index (χ0v) is 9.28. The van der Waals surface area contributed by atoms with E-state index in [1.807, 2.05) is 12.5 Å².